The number of benzene rings is 1. The van der Waals surface area contributed by atoms with Crippen molar-refractivity contribution in [3.8, 4) is 0 Å². The maximum Gasteiger partial charge on any atom is 0.238 e. The van der Waals surface area contributed by atoms with Gasteiger partial charge in [-0.05, 0) is 41.2 Å². The molecule has 3 nitrogen and oxygen atoms in total. The first-order valence-corrected chi connectivity index (χ1v) is 4.82. The van der Waals surface area contributed by atoms with Gasteiger partial charge in [-0.1, -0.05) is 0 Å². The van der Waals surface area contributed by atoms with Crippen LogP contribution in [0.1, 0.15) is 0 Å². The Kier molecular flexibility index (Phi) is 4.03. The predicted octanol–water partition coefficient (Wildman–Crippen LogP) is 1.75. The molecule has 0 fully saturated rings. The molecule has 76 valence electrons. The van der Waals surface area contributed by atoms with Gasteiger partial charge in [0.1, 0.15) is 5.82 Å². The summed E-state index contributed by atoms with van der Waals surface area (Å²) in [5, 5.41) is 5.33. The van der Waals surface area contributed by atoms with Crippen LogP contribution in [0.15, 0.2) is 22.7 Å². The summed E-state index contributed by atoms with van der Waals surface area (Å²) in [4.78, 5) is 11.1. The van der Waals surface area contributed by atoms with E-state index in [1.54, 1.807) is 7.05 Å². The Morgan fingerprint density at radius 1 is 1.57 bits per heavy atom. The number of carbonyl (C=O) groups is 1. The third kappa shape index (κ3) is 3.08. The van der Waals surface area contributed by atoms with Crippen LogP contribution in [0.2, 0.25) is 0 Å². The molecule has 14 heavy (non-hydrogen) atoms. The summed E-state index contributed by atoms with van der Waals surface area (Å²) in [6, 6.07) is 4.32. The second-order valence-corrected chi connectivity index (χ2v) is 3.56. The molecule has 0 aliphatic rings. The van der Waals surface area contributed by atoms with Gasteiger partial charge in [0.05, 0.1) is 11.0 Å². The Labute approximate surface area is 89.8 Å². The Bertz CT molecular complexity index is 344. The van der Waals surface area contributed by atoms with Crippen molar-refractivity contribution in [3.05, 3.63) is 28.5 Å². The highest BCUT2D eigenvalue weighted by atomic mass is 79.9. The summed E-state index contributed by atoms with van der Waals surface area (Å²) >= 11 is 3.03. The zero-order valence-electron chi connectivity index (χ0n) is 7.60. The lowest BCUT2D eigenvalue weighted by atomic mass is 10.3. The molecule has 0 saturated carbocycles. The van der Waals surface area contributed by atoms with E-state index in [2.05, 4.69) is 26.6 Å². The molecule has 0 unspecified atom stereocenters. The average molecular weight is 261 g/mol. The summed E-state index contributed by atoms with van der Waals surface area (Å²) < 4.78 is 13.1. The van der Waals surface area contributed by atoms with Crippen molar-refractivity contribution < 1.29 is 9.18 Å². The normalized spacial score (nSPS) is 9.93. The lowest BCUT2D eigenvalue weighted by Gasteiger charge is -2.05. The number of anilines is 1. The molecule has 0 saturated heterocycles. The van der Waals surface area contributed by atoms with E-state index in [1.165, 1.54) is 18.2 Å². The van der Waals surface area contributed by atoms with Crippen LogP contribution in [-0.2, 0) is 4.79 Å². The van der Waals surface area contributed by atoms with Crippen LogP contribution in [0.5, 0.6) is 0 Å². The minimum absolute atomic E-state index is 0.161. The molecule has 0 heterocycles. The van der Waals surface area contributed by atoms with Gasteiger partial charge in [-0.2, -0.15) is 0 Å². The number of rotatable bonds is 3. The van der Waals surface area contributed by atoms with Crippen LogP contribution in [0, 0.1) is 5.82 Å². The third-order valence-electron chi connectivity index (χ3n) is 1.54. The summed E-state index contributed by atoms with van der Waals surface area (Å²) in [6.45, 7) is 0.231. The number of amides is 1. The molecule has 5 heteroatoms. The highest BCUT2D eigenvalue weighted by molar-refractivity contribution is 9.10. The largest absolute Gasteiger partial charge is 0.325 e. The molecule has 0 aliphatic heterocycles. The second-order valence-electron chi connectivity index (χ2n) is 2.71. The van der Waals surface area contributed by atoms with E-state index in [9.17, 15) is 9.18 Å². The number of carbonyl (C=O) groups excluding carboxylic acids is 1. The van der Waals surface area contributed by atoms with Crippen LogP contribution in [0.3, 0.4) is 0 Å². The molecule has 0 spiro atoms. The smallest absolute Gasteiger partial charge is 0.238 e. The van der Waals surface area contributed by atoms with Crippen LogP contribution in [-0.4, -0.2) is 19.5 Å². The lowest BCUT2D eigenvalue weighted by Crippen LogP contribution is -2.25. The monoisotopic (exact) mass is 260 g/mol. The fraction of sp³-hybridized carbons (Fsp3) is 0.222. The molecule has 1 rings (SSSR count). The van der Waals surface area contributed by atoms with Crippen LogP contribution >= 0.6 is 15.9 Å². The molecule has 2 N–H and O–H groups in total. The van der Waals surface area contributed by atoms with Gasteiger partial charge in [-0.25, -0.2) is 4.39 Å². The van der Waals surface area contributed by atoms with E-state index in [0.29, 0.717) is 10.2 Å². The first kappa shape index (κ1) is 11.1. The first-order chi connectivity index (χ1) is 6.63. The van der Waals surface area contributed by atoms with Crippen molar-refractivity contribution in [2.24, 2.45) is 0 Å². The standard InChI is InChI=1S/C9H10BrFN2O/c1-12-5-9(14)13-6-2-3-8(11)7(10)4-6/h2-4,12H,5H2,1H3,(H,13,14). The van der Waals surface area contributed by atoms with Crippen LogP contribution < -0.4 is 10.6 Å². The highest BCUT2D eigenvalue weighted by Crippen LogP contribution is 2.19. The first-order valence-electron chi connectivity index (χ1n) is 4.03. The van der Waals surface area contributed by atoms with E-state index >= 15 is 0 Å². The van der Waals surface area contributed by atoms with Gasteiger partial charge in [0.2, 0.25) is 5.91 Å². The fourth-order valence-electron chi connectivity index (χ4n) is 0.940. The van der Waals surface area contributed by atoms with Gasteiger partial charge in [0.25, 0.3) is 0 Å². The number of nitrogens with one attached hydrogen (secondary N) is 2. The second kappa shape index (κ2) is 5.07. The quantitative estimate of drug-likeness (QED) is 0.870. The highest BCUT2D eigenvalue weighted by Gasteiger charge is 2.03. The van der Waals surface area contributed by atoms with E-state index in [0.717, 1.165) is 0 Å². The minimum Gasteiger partial charge on any atom is -0.325 e. The zero-order valence-corrected chi connectivity index (χ0v) is 9.19. The number of hydrogen-bond donors (Lipinski definition) is 2. The molecule has 1 aromatic carbocycles. The van der Waals surface area contributed by atoms with Crippen molar-refractivity contribution in [2.45, 2.75) is 0 Å². The van der Waals surface area contributed by atoms with Crippen molar-refractivity contribution in [3.63, 3.8) is 0 Å². The van der Waals surface area contributed by atoms with Crippen molar-refractivity contribution in [1.29, 1.82) is 0 Å². The van der Waals surface area contributed by atoms with Crippen molar-refractivity contribution in [2.75, 3.05) is 18.9 Å². The lowest BCUT2D eigenvalue weighted by molar-refractivity contribution is -0.115. The average Bonchev–Trinajstić information content (AvgIpc) is 2.12. The molecule has 1 amide bonds. The van der Waals surface area contributed by atoms with Crippen LogP contribution in [0.4, 0.5) is 10.1 Å². The fourth-order valence-corrected chi connectivity index (χ4v) is 1.32. The van der Waals surface area contributed by atoms with Gasteiger partial charge in [-0.15, -0.1) is 0 Å². The third-order valence-corrected chi connectivity index (χ3v) is 2.15. The van der Waals surface area contributed by atoms with Gasteiger partial charge < -0.3 is 10.6 Å². The maximum atomic E-state index is 12.8. The topological polar surface area (TPSA) is 41.1 Å². The minimum atomic E-state index is -0.350. The van der Waals surface area contributed by atoms with E-state index in [4.69, 9.17) is 0 Å². The van der Waals surface area contributed by atoms with Crippen molar-refractivity contribution in [1.82, 2.24) is 5.32 Å². The predicted molar refractivity (Wildman–Crippen MR) is 56.7 cm³/mol. The van der Waals surface area contributed by atoms with E-state index in [1.807, 2.05) is 0 Å². The summed E-state index contributed by atoms with van der Waals surface area (Å²) in [5.74, 6) is -0.511. The Balaban J connectivity index is 2.68. The molecular formula is C9H10BrFN2O. The molecule has 0 bridgehead atoms. The molecular weight excluding hydrogens is 251 g/mol. The zero-order chi connectivity index (χ0) is 10.6. The Morgan fingerprint density at radius 3 is 2.86 bits per heavy atom. The van der Waals surface area contributed by atoms with Gasteiger partial charge >= 0.3 is 0 Å². The maximum absolute atomic E-state index is 12.8. The van der Waals surface area contributed by atoms with Gasteiger partial charge in [-0.3, -0.25) is 4.79 Å². The molecule has 1 aromatic rings. The SMILES string of the molecule is CNCC(=O)Nc1ccc(F)c(Br)c1. The Hall–Kier alpha value is -0.940. The van der Waals surface area contributed by atoms with Gasteiger partial charge in [0.15, 0.2) is 0 Å². The van der Waals surface area contributed by atoms with Gasteiger partial charge in [0, 0.05) is 5.69 Å². The Morgan fingerprint density at radius 2 is 2.29 bits per heavy atom. The molecule has 0 aromatic heterocycles. The van der Waals surface area contributed by atoms with Crippen LogP contribution in [0.25, 0.3) is 0 Å². The summed E-state index contributed by atoms with van der Waals surface area (Å²) in [7, 11) is 1.68. The van der Waals surface area contributed by atoms with E-state index < -0.39 is 0 Å². The molecule has 0 atom stereocenters. The van der Waals surface area contributed by atoms with Crippen molar-refractivity contribution >= 4 is 27.5 Å². The molecule has 0 radical (unpaired) electrons. The number of likely N-dealkylation sites (N-methyl/N-ethyl adjacent to an activating group) is 1. The van der Waals surface area contributed by atoms with E-state index in [-0.39, 0.29) is 18.3 Å². The number of halogens is 2. The number of hydrogen-bond acceptors (Lipinski definition) is 2. The molecule has 0 aliphatic carbocycles. The summed E-state index contributed by atoms with van der Waals surface area (Å²) in [5.41, 5.74) is 0.568. The summed E-state index contributed by atoms with van der Waals surface area (Å²) in [6.07, 6.45) is 0.